The van der Waals surface area contributed by atoms with Crippen LogP contribution < -0.4 is 0 Å². The summed E-state index contributed by atoms with van der Waals surface area (Å²) in [4.78, 5) is 2.02. The van der Waals surface area contributed by atoms with Gasteiger partial charge in [0.15, 0.2) is 5.84 Å². The Kier molecular flexibility index (Phi) is 6.17. The van der Waals surface area contributed by atoms with Crippen LogP contribution in [-0.4, -0.2) is 40.3 Å². The molecular weight excluding hydrogens is 314 g/mol. The van der Waals surface area contributed by atoms with Gasteiger partial charge in [-0.05, 0) is 54.4 Å². The van der Waals surface area contributed by atoms with Crippen LogP contribution in [0.4, 0.5) is 0 Å². The van der Waals surface area contributed by atoms with Crippen LogP contribution in [-0.2, 0) is 6.42 Å². The fourth-order valence-corrected chi connectivity index (χ4v) is 2.60. The summed E-state index contributed by atoms with van der Waals surface area (Å²) in [6, 6.07) is 12.4. The number of rotatable bonds is 3. The highest BCUT2D eigenvalue weighted by molar-refractivity contribution is 6.09. The number of phenolic OH excluding ortho intramolecular Hbond substituents is 2. The van der Waals surface area contributed by atoms with Crippen molar-refractivity contribution in [2.45, 2.75) is 27.2 Å². The van der Waals surface area contributed by atoms with E-state index in [0.717, 1.165) is 34.7 Å². The third-order valence-electron chi connectivity index (χ3n) is 3.93. The van der Waals surface area contributed by atoms with Crippen LogP contribution in [0.5, 0.6) is 11.5 Å². The first kappa shape index (κ1) is 18.5. The van der Waals surface area contributed by atoms with Gasteiger partial charge in [0.1, 0.15) is 11.5 Å². The Bertz CT molecular complexity index is 780. The Hall–Kier alpha value is -2.82. The smallest absolute Gasteiger partial charge is 0.158 e. The molecule has 0 atom stereocenters. The first-order valence-electron chi connectivity index (χ1n) is 8.56. The topological polar surface area (TPSA) is 68.4 Å². The van der Waals surface area contributed by atoms with Gasteiger partial charge in [0, 0.05) is 18.2 Å². The molecule has 0 spiro atoms. The molecule has 2 aromatic carbocycles. The lowest BCUT2D eigenvalue weighted by Crippen LogP contribution is -2.35. The molecule has 2 aromatic rings. The Morgan fingerprint density at radius 1 is 0.960 bits per heavy atom. The largest absolute Gasteiger partial charge is 0.508 e. The summed E-state index contributed by atoms with van der Waals surface area (Å²) in [7, 11) is 1.96. The lowest BCUT2D eigenvalue weighted by atomic mass is 10.0. The van der Waals surface area contributed by atoms with Crippen molar-refractivity contribution in [2.75, 3.05) is 13.6 Å². The van der Waals surface area contributed by atoms with E-state index >= 15 is 0 Å². The van der Waals surface area contributed by atoms with Crippen molar-refractivity contribution in [2.24, 2.45) is 10.2 Å². The summed E-state index contributed by atoms with van der Waals surface area (Å²) in [5.41, 5.74) is 3.65. The zero-order chi connectivity index (χ0) is 18.4. The molecule has 1 aliphatic rings. The molecule has 3 rings (SSSR count). The average molecular weight is 339 g/mol. The van der Waals surface area contributed by atoms with Crippen molar-refractivity contribution in [3.8, 4) is 11.5 Å². The normalized spacial score (nSPS) is 13.5. The molecule has 25 heavy (non-hydrogen) atoms. The molecule has 2 N–H and O–H groups in total. The van der Waals surface area contributed by atoms with Gasteiger partial charge in [0.05, 0.1) is 12.3 Å². The third-order valence-corrected chi connectivity index (χ3v) is 3.93. The van der Waals surface area contributed by atoms with Crippen LogP contribution in [0, 0.1) is 0 Å². The molecule has 0 fully saturated rings. The van der Waals surface area contributed by atoms with E-state index in [9.17, 15) is 10.2 Å². The van der Waals surface area contributed by atoms with Crippen molar-refractivity contribution in [1.82, 2.24) is 4.90 Å². The third kappa shape index (κ3) is 4.18. The zero-order valence-corrected chi connectivity index (χ0v) is 15.2. The fourth-order valence-electron chi connectivity index (χ4n) is 2.60. The summed E-state index contributed by atoms with van der Waals surface area (Å²) >= 11 is 0. The molecule has 5 heteroatoms. The van der Waals surface area contributed by atoms with Crippen molar-refractivity contribution < 1.29 is 10.2 Å². The SMILES string of the molecule is CC.CCc1cc(C2=NN=C(c3ccc(O)cc3)N(C)C2)ccc1O. The quantitative estimate of drug-likeness (QED) is 0.894. The van der Waals surface area contributed by atoms with Crippen LogP contribution in [0.3, 0.4) is 0 Å². The van der Waals surface area contributed by atoms with E-state index in [1.165, 1.54) is 0 Å². The molecule has 0 aromatic heterocycles. The Balaban J connectivity index is 0.00000109. The average Bonchev–Trinajstić information content (AvgIpc) is 2.64. The fraction of sp³-hybridized carbons (Fsp3) is 0.300. The number of hydrogen-bond donors (Lipinski definition) is 2. The molecular formula is C20H25N3O2. The van der Waals surface area contributed by atoms with Gasteiger partial charge in [0.2, 0.25) is 0 Å². The maximum atomic E-state index is 9.80. The number of aromatic hydroxyl groups is 2. The van der Waals surface area contributed by atoms with Crippen molar-refractivity contribution >= 4 is 11.5 Å². The predicted octanol–water partition coefficient (Wildman–Crippen LogP) is 3.78. The van der Waals surface area contributed by atoms with Crippen molar-refractivity contribution in [3.63, 3.8) is 0 Å². The number of likely N-dealkylation sites (N-methyl/N-ethyl adjacent to an activating group) is 1. The van der Waals surface area contributed by atoms with Crippen LogP contribution in [0.1, 0.15) is 37.5 Å². The number of amidine groups is 1. The monoisotopic (exact) mass is 339 g/mol. The van der Waals surface area contributed by atoms with Gasteiger partial charge in [-0.15, -0.1) is 5.10 Å². The standard InChI is InChI=1S/C18H19N3O2.C2H6/c1-3-12-10-14(6-9-17(12)23)16-11-21(2)18(20-19-16)13-4-7-15(22)8-5-13;1-2/h4-10,22-23H,3,11H2,1-2H3;1-2H3. The molecule has 0 unspecified atom stereocenters. The Morgan fingerprint density at radius 2 is 1.60 bits per heavy atom. The van der Waals surface area contributed by atoms with Crippen molar-refractivity contribution in [1.29, 1.82) is 0 Å². The number of phenols is 2. The van der Waals surface area contributed by atoms with Gasteiger partial charge in [-0.1, -0.05) is 20.8 Å². The maximum Gasteiger partial charge on any atom is 0.158 e. The first-order chi connectivity index (χ1) is 12.1. The minimum Gasteiger partial charge on any atom is -0.508 e. The highest BCUT2D eigenvalue weighted by Crippen LogP contribution is 2.21. The van der Waals surface area contributed by atoms with Crippen LogP contribution >= 0.6 is 0 Å². The molecule has 0 radical (unpaired) electrons. The van der Waals surface area contributed by atoms with E-state index in [4.69, 9.17) is 0 Å². The molecule has 5 nitrogen and oxygen atoms in total. The predicted molar refractivity (Wildman–Crippen MR) is 103 cm³/mol. The van der Waals surface area contributed by atoms with Gasteiger partial charge in [0.25, 0.3) is 0 Å². The summed E-state index contributed by atoms with van der Waals surface area (Å²) in [6.45, 7) is 6.64. The summed E-state index contributed by atoms with van der Waals surface area (Å²) in [5, 5.41) is 27.9. The van der Waals surface area contributed by atoms with Gasteiger partial charge in [-0.2, -0.15) is 5.10 Å². The first-order valence-corrected chi connectivity index (χ1v) is 8.56. The highest BCUT2D eigenvalue weighted by atomic mass is 16.3. The van der Waals surface area contributed by atoms with E-state index in [0.29, 0.717) is 12.3 Å². The zero-order valence-electron chi connectivity index (χ0n) is 15.2. The maximum absolute atomic E-state index is 9.80. The highest BCUT2D eigenvalue weighted by Gasteiger charge is 2.18. The van der Waals surface area contributed by atoms with Gasteiger partial charge >= 0.3 is 0 Å². The molecule has 1 heterocycles. The lowest BCUT2D eigenvalue weighted by Gasteiger charge is -2.25. The molecule has 1 aliphatic heterocycles. The lowest BCUT2D eigenvalue weighted by molar-refractivity contribution is 0.468. The molecule has 0 amide bonds. The van der Waals surface area contributed by atoms with E-state index < -0.39 is 0 Å². The number of nitrogens with zero attached hydrogens (tertiary/aromatic N) is 3. The number of aryl methyl sites for hydroxylation is 1. The molecule has 132 valence electrons. The second-order valence-electron chi connectivity index (χ2n) is 5.57. The van der Waals surface area contributed by atoms with Crippen LogP contribution in [0.15, 0.2) is 52.7 Å². The van der Waals surface area contributed by atoms with E-state index in [1.54, 1.807) is 18.2 Å². The van der Waals surface area contributed by atoms with Crippen LogP contribution in [0.25, 0.3) is 0 Å². The summed E-state index contributed by atoms with van der Waals surface area (Å²) in [6.07, 6.45) is 0.769. The molecule has 0 saturated heterocycles. The van der Waals surface area contributed by atoms with E-state index in [1.807, 2.05) is 57.0 Å². The summed E-state index contributed by atoms with van der Waals surface area (Å²) < 4.78 is 0. The Morgan fingerprint density at radius 3 is 2.20 bits per heavy atom. The van der Waals surface area contributed by atoms with Crippen molar-refractivity contribution in [3.05, 3.63) is 59.2 Å². The Labute approximate surface area is 149 Å². The molecule has 0 saturated carbocycles. The number of hydrogen-bond acceptors (Lipinski definition) is 5. The summed E-state index contributed by atoms with van der Waals surface area (Å²) in [5.74, 6) is 1.31. The second-order valence-corrected chi connectivity index (χ2v) is 5.57. The minimum absolute atomic E-state index is 0.230. The van der Waals surface area contributed by atoms with Crippen LogP contribution in [0.2, 0.25) is 0 Å². The van der Waals surface area contributed by atoms with Gasteiger partial charge < -0.3 is 15.1 Å². The molecule has 0 bridgehead atoms. The van der Waals surface area contributed by atoms with Gasteiger partial charge in [-0.3, -0.25) is 0 Å². The van der Waals surface area contributed by atoms with Gasteiger partial charge in [-0.25, -0.2) is 0 Å². The minimum atomic E-state index is 0.230. The molecule has 0 aliphatic carbocycles. The number of benzene rings is 2. The van der Waals surface area contributed by atoms with E-state index in [-0.39, 0.29) is 5.75 Å². The van der Waals surface area contributed by atoms with E-state index in [2.05, 4.69) is 10.2 Å². The second kappa shape index (κ2) is 8.33.